The average molecular weight is 354 g/mol. The SMILES string of the molecule is Cl.N=C(N)N1C2CCC1CC(OC(=O)C(CO)c1ccccc1)C2. The Hall–Kier alpha value is -1.79. The lowest BCUT2D eigenvalue weighted by Gasteiger charge is -2.39. The highest BCUT2D eigenvalue weighted by molar-refractivity contribution is 5.85. The predicted molar refractivity (Wildman–Crippen MR) is 93.2 cm³/mol. The lowest BCUT2D eigenvalue weighted by molar-refractivity contribution is -0.154. The molecule has 3 unspecified atom stereocenters. The molecule has 3 rings (SSSR count). The molecule has 7 heteroatoms. The van der Waals surface area contributed by atoms with Crippen LogP contribution in [0.1, 0.15) is 37.2 Å². The fourth-order valence-corrected chi connectivity index (χ4v) is 3.86. The van der Waals surface area contributed by atoms with Gasteiger partial charge in [-0.2, -0.15) is 0 Å². The Morgan fingerprint density at radius 3 is 2.38 bits per heavy atom. The number of nitrogens with one attached hydrogen (secondary N) is 1. The summed E-state index contributed by atoms with van der Waals surface area (Å²) in [4.78, 5) is 14.4. The summed E-state index contributed by atoms with van der Waals surface area (Å²) < 4.78 is 5.67. The summed E-state index contributed by atoms with van der Waals surface area (Å²) in [6, 6.07) is 9.59. The van der Waals surface area contributed by atoms with Crippen molar-refractivity contribution < 1.29 is 14.6 Å². The first-order valence-corrected chi connectivity index (χ1v) is 8.08. The number of aliphatic hydroxyl groups excluding tert-OH is 1. The molecule has 0 spiro atoms. The molecule has 0 aliphatic carbocycles. The molecule has 24 heavy (non-hydrogen) atoms. The van der Waals surface area contributed by atoms with Crippen molar-refractivity contribution in [3.63, 3.8) is 0 Å². The van der Waals surface area contributed by atoms with Crippen molar-refractivity contribution in [2.75, 3.05) is 6.61 Å². The Bertz CT molecular complexity index is 570. The van der Waals surface area contributed by atoms with E-state index < -0.39 is 5.92 Å². The average Bonchev–Trinajstić information content (AvgIpc) is 2.81. The van der Waals surface area contributed by atoms with Gasteiger partial charge in [0.25, 0.3) is 0 Å². The van der Waals surface area contributed by atoms with E-state index in [2.05, 4.69) is 0 Å². The topological polar surface area (TPSA) is 99.6 Å². The number of ether oxygens (including phenoxy) is 1. The van der Waals surface area contributed by atoms with Gasteiger partial charge in [0, 0.05) is 24.9 Å². The van der Waals surface area contributed by atoms with Crippen LogP contribution in [0.25, 0.3) is 0 Å². The highest BCUT2D eigenvalue weighted by Gasteiger charge is 2.43. The maximum absolute atomic E-state index is 12.4. The van der Waals surface area contributed by atoms with Crippen molar-refractivity contribution in [2.24, 2.45) is 5.73 Å². The smallest absolute Gasteiger partial charge is 0.316 e. The molecule has 2 saturated heterocycles. The van der Waals surface area contributed by atoms with Crippen LogP contribution in [0.5, 0.6) is 0 Å². The maximum atomic E-state index is 12.4. The van der Waals surface area contributed by atoms with Crippen molar-refractivity contribution in [3.8, 4) is 0 Å². The number of guanidine groups is 1. The number of nitrogens with zero attached hydrogens (tertiary/aromatic N) is 1. The number of aliphatic hydroxyl groups is 1. The molecule has 6 nitrogen and oxygen atoms in total. The number of benzene rings is 1. The number of nitrogens with two attached hydrogens (primary N) is 1. The number of carbonyl (C=O) groups excluding carboxylic acids is 1. The molecular formula is C17H24ClN3O3. The second-order valence-electron chi connectivity index (χ2n) is 6.35. The minimum atomic E-state index is -0.639. The lowest BCUT2D eigenvalue weighted by Crippen LogP contribution is -2.51. The first kappa shape index (κ1) is 18.5. The molecule has 2 bridgehead atoms. The van der Waals surface area contributed by atoms with Crippen LogP contribution in [0.4, 0.5) is 0 Å². The van der Waals surface area contributed by atoms with Crippen LogP contribution in [-0.2, 0) is 9.53 Å². The zero-order chi connectivity index (χ0) is 16.4. The van der Waals surface area contributed by atoms with Crippen molar-refractivity contribution in [1.29, 1.82) is 5.41 Å². The van der Waals surface area contributed by atoms with Crippen LogP contribution in [0, 0.1) is 5.41 Å². The summed E-state index contributed by atoms with van der Waals surface area (Å²) in [5.74, 6) is -0.904. The van der Waals surface area contributed by atoms with Crippen molar-refractivity contribution in [1.82, 2.24) is 4.90 Å². The molecule has 2 heterocycles. The first-order chi connectivity index (χ1) is 11.1. The first-order valence-electron chi connectivity index (χ1n) is 8.08. The molecule has 2 aliphatic rings. The van der Waals surface area contributed by atoms with E-state index in [-0.39, 0.29) is 49.1 Å². The number of carbonyl (C=O) groups is 1. The summed E-state index contributed by atoms with van der Waals surface area (Å²) >= 11 is 0. The highest BCUT2D eigenvalue weighted by atomic mass is 35.5. The molecule has 0 saturated carbocycles. The van der Waals surface area contributed by atoms with E-state index >= 15 is 0 Å². The second-order valence-corrected chi connectivity index (χ2v) is 6.35. The maximum Gasteiger partial charge on any atom is 0.316 e. The molecule has 0 radical (unpaired) electrons. The number of fused-ring (bicyclic) bond motifs is 2. The summed E-state index contributed by atoms with van der Waals surface area (Å²) in [5, 5.41) is 17.2. The molecule has 132 valence electrons. The van der Waals surface area contributed by atoms with Crippen LogP contribution in [-0.4, -0.2) is 46.7 Å². The Labute approximate surface area is 147 Å². The molecule has 2 aliphatic heterocycles. The van der Waals surface area contributed by atoms with E-state index in [1.54, 1.807) is 0 Å². The van der Waals surface area contributed by atoms with Gasteiger partial charge in [0.15, 0.2) is 5.96 Å². The van der Waals surface area contributed by atoms with Crippen molar-refractivity contribution >= 4 is 24.3 Å². The largest absolute Gasteiger partial charge is 0.462 e. The predicted octanol–water partition coefficient (Wildman–Crippen LogP) is 1.62. The third-order valence-corrected chi connectivity index (χ3v) is 4.92. The molecule has 2 fully saturated rings. The Kier molecular flexibility index (Phi) is 6.07. The van der Waals surface area contributed by atoms with E-state index in [1.807, 2.05) is 35.2 Å². The number of piperidine rings is 1. The van der Waals surface area contributed by atoms with Gasteiger partial charge in [0.05, 0.1) is 6.61 Å². The fourth-order valence-electron chi connectivity index (χ4n) is 3.86. The number of halogens is 1. The van der Waals surface area contributed by atoms with Gasteiger partial charge in [0.1, 0.15) is 12.0 Å². The summed E-state index contributed by atoms with van der Waals surface area (Å²) in [7, 11) is 0. The number of hydrogen-bond donors (Lipinski definition) is 3. The van der Waals surface area contributed by atoms with E-state index in [1.165, 1.54) is 0 Å². The molecule has 0 aromatic heterocycles. The summed E-state index contributed by atoms with van der Waals surface area (Å²) in [6.07, 6.45) is 3.22. The quantitative estimate of drug-likeness (QED) is 0.434. The van der Waals surface area contributed by atoms with Crippen LogP contribution in [0.2, 0.25) is 0 Å². The number of rotatable bonds is 4. The fraction of sp³-hybridized carbons (Fsp3) is 0.529. The summed E-state index contributed by atoms with van der Waals surface area (Å²) in [5.41, 5.74) is 6.42. The third kappa shape index (κ3) is 3.65. The Balaban J connectivity index is 0.00000208. The van der Waals surface area contributed by atoms with Gasteiger partial charge in [-0.3, -0.25) is 10.2 Å². The number of esters is 1. The van der Waals surface area contributed by atoms with Gasteiger partial charge < -0.3 is 20.5 Å². The normalized spacial score (nSPS) is 26.4. The van der Waals surface area contributed by atoms with Crippen molar-refractivity contribution in [3.05, 3.63) is 35.9 Å². The van der Waals surface area contributed by atoms with Gasteiger partial charge in [-0.25, -0.2) is 0 Å². The zero-order valence-electron chi connectivity index (χ0n) is 13.4. The molecule has 4 N–H and O–H groups in total. The van der Waals surface area contributed by atoms with Crippen molar-refractivity contribution in [2.45, 2.75) is 49.8 Å². The molecule has 1 aromatic carbocycles. The molecule has 1 aromatic rings. The zero-order valence-corrected chi connectivity index (χ0v) is 14.2. The lowest BCUT2D eigenvalue weighted by atomic mass is 9.98. The minimum absolute atomic E-state index is 0. The van der Waals surface area contributed by atoms with E-state index in [9.17, 15) is 9.90 Å². The number of hydrogen-bond acceptors (Lipinski definition) is 4. The monoisotopic (exact) mass is 353 g/mol. The van der Waals surface area contributed by atoms with E-state index in [0.717, 1.165) is 18.4 Å². The molecular weight excluding hydrogens is 330 g/mol. The van der Waals surface area contributed by atoms with Crippen LogP contribution < -0.4 is 5.73 Å². The molecule has 0 amide bonds. The summed E-state index contributed by atoms with van der Waals surface area (Å²) in [6.45, 7) is -0.262. The Morgan fingerprint density at radius 1 is 1.29 bits per heavy atom. The van der Waals surface area contributed by atoms with Gasteiger partial charge >= 0.3 is 5.97 Å². The van der Waals surface area contributed by atoms with Crippen LogP contribution in [0.3, 0.4) is 0 Å². The minimum Gasteiger partial charge on any atom is -0.462 e. The molecule has 3 atom stereocenters. The second kappa shape index (κ2) is 7.85. The van der Waals surface area contributed by atoms with Gasteiger partial charge in [-0.1, -0.05) is 30.3 Å². The van der Waals surface area contributed by atoms with E-state index in [0.29, 0.717) is 12.8 Å². The highest BCUT2D eigenvalue weighted by Crippen LogP contribution is 2.37. The standard InChI is InChI=1S/C17H23N3O3.ClH/c18-17(19)20-12-6-7-13(20)9-14(8-12)23-16(22)15(10-21)11-4-2-1-3-5-11;/h1-5,12-15,21H,6-10H2,(H3,18,19);1H. The van der Waals surface area contributed by atoms with E-state index in [4.69, 9.17) is 15.9 Å². The van der Waals surface area contributed by atoms with Crippen LogP contribution in [0.15, 0.2) is 30.3 Å². The Morgan fingerprint density at radius 2 is 1.88 bits per heavy atom. The van der Waals surface area contributed by atoms with Gasteiger partial charge in [-0.05, 0) is 18.4 Å². The van der Waals surface area contributed by atoms with Gasteiger partial charge in [0.2, 0.25) is 0 Å². The van der Waals surface area contributed by atoms with Crippen LogP contribution >= 0.6 is 12.4 Å². The van der Waals surface area contributed by atoms with Gasteiger partial charge in [-0.15, -0.1) is 12.4 Å². The third-order valence-electron chi connectivity index (χ3n) is 4.92.